The van der Waals surface area contributed by atoms with Gasteiger partial charge >= 0.3 is 0 Å². The van der Waals surface area contributed by atoms with Crippen LogP contribution in [-0.2, 0) is 39.6 Å². The summed E-state index contributed by atoms with van der Waals surface area (Å²) in [5, 5.41) is -0.0326. The Bertz CT molecular complexity index is 1280. The molecule has 3 heterocycles. The number of ether oxygens (including phenoxy) is 7. The fraction of sp³-hybridized carbons (Fsp3) is 0.625. The number of rotatable bonds is 9. The Kier molecular flexibility index (Phi) is 8.42. The lowest BCUT2D eigenvalue weighted by Gasteiger charge is -2.52. The van der Waals surface area contributed by atoms with E-state index in [4.69, 9.17) is 42.4 Å². The zero-order valence-electron chi connectivity index (χ0n) is 26.4. The van der Waals surface area contributed by atoms with Gasteiger partial charge in [0.25, 0.3) is 0 Å². The predicted octanol–water partition coefficient (Wildman–Crippen LogP) is 5.53. The first-order valence-electron chi connectivity index (χ1n) is 15.0. The third kappa shape index (κ3) is 5.99. The molecule has 7 atom stereocenters. The maximum Gasteiger partial charge on any atom is 0.231 e. The molecule has 0 radical (unpaired) electrons. The van der Waals surface area contributed by atoms with Crippen molar-refractivity contribution >= 4 is 8.32 Å². The summed E-state index contributed by atoms with van der Waals surface area (Å²) in [5.74, 6) is 0.262. The summed E-state index contributed by atoms with van der Waals surface area (Å²) in [6, 6.07) is 13.7. The second-order valence-corrected chi connectivity index (χ2v) is 18.4. The average Bonchev–Trinajstić information content (AvgIpc) is 3.53. The van der Waals surface area contributed by atoms with E-state index in [1.807, 2.05) is 50.2 Å². The highest BCUT2D eigenvalue weighted by molar-refractivity contribution is 6.74. The molecule has 1 N–H and O–H groups in total. The topological polar surface area (TPSA) is 95.1 Å². The lowest BCUT2D eigenvalue weighted by atomic mass is 9.71. The number of hydroxylamine groups is 1. The minimum absolute atomic E-state index is 0.0326. The lowest BCUT2D eigenvalue weighted by molar-refractivity contribution is -0.248. The van der Waals surface area contributed by atoms with Gasteiger partial charge in [0.15, 0.2) is 31.9 Å². The molecule has 2 aromatic carbocycles. The van der Waals surface area contributed by atoms with Crippen molar-refractivity contribution in [2.24, 2.45) is 0 Å². The van der Waals surface area contributed by atoms with Crippen molar-refractivity contribution in [1.29, 1.82) is 0 Å². The van der Waals surface area contributed by atoms with E-state index >= 15 is 0 Å². The molecule has 0 spiro atoms. The number of hydrogen-bond acceptors (Lipinski definition) is 10. The summed E-state index contributed by atoms with van der Waals surface area (Å²) >= 11 is 0. The average molecular weight is 616 g/mol. The van der Waals surface area contributed by atoms with Gasteiger partial charge in [0.1, 0.15) is 25.1 Å². The van der Waals surface area contributed by atoms with Crippen LogP contribution in [0.4, 0.5) is 0 Å². The Morgan fingerprint density at radius 1 is 0.953 bits per heavy atom. The van der Waals surface area contributed by atoms with Gasteiger partial charge in [-0.25, -0.2) is 0 Å². The van der Waals surface area contributed by atoms with Crippen molar-refractivity contribution < 1.29 is 42.4 Å². The van der Waals surface area contributed by atoms with Crippen LogP contribution in [0.3, 0.4) is 0 Å². The molecule has 3 aliphatic heterocycles. The van der Waals surface area contributed by atoms with Crippen LogP contribution in [0.5, 0.6) is 11.5 Å². The van der Waals surface area contributed by atoms with Gasteiger partial charge in [0.05, 0.1) is 18.8 Å². The SMILES string of the molecule is COCO[C@@H]1[C@H]2OC(C)(C)O[C@H]2[C@H](NOCc2ccccc2)[C@H]2c3cc4c(cc3C(O[Si](C)(C)C(C)(C)C)O[C@@H]12)OCO4. The van der Waals surface area contributed by atoms with Gasteiger partial charge in [-0.2, -0.15) is 5.48 Å². The van der Waals surface area contributed by atoms with E-state index < -0.39 is 44.8 Å². The molecule has 4 aliphatic rings. The normalized spacial score (nSPS) is 30.9. The fourth-order valence-electron chi connectivity index (χ4n) is 6.17. The van der Waals surface area contributed by atoms with Crippen LogP contribution >= 0.6 is 0 Å². The molecule has 0 amide bonds. The first kappa shape index (κ1) is 30.9. The van der Waals surface area contributed by atoms with Gasteiger partial charge in [-0.15, -0.1) is 0 Å². The Morgan fingerprint density at radius 3 is 2.30 bits per heavy atom. The summed E-state index contributed by atoms with van der Waals surface area (Å²) in [5.41, 5.74) is 6.35. The van der Waals surface area contributed by atoms with E-state index in [0.29, 0.717) is 18.1 Å². The van der Waals surface area contributed by atoms with E-state index in [9.17, 15) is 0 Å². The molecule has 236 valence electrons. The van der Waals surface area contributed by atoms with Crippen molar-refractivity contribution in [3.63, 3.8) is 0 Å². The minimum atomic E-state index is -2.27. The van der Waals surface area contributed by atoms with E-state index in [1.165, 1.54) is 0 Å². The van der Waals surface area contributed by atoms with Crippen molar-refractivity contribution in [2.45, 2.75) is 108 Å². The maximum atomic E-state index is 6.99. The van der Waals surface area contributed by atoms with Gasteiger partial charge in [-0.3, -0.25) is 4.84 Å². The van der Waals surface area contributed by atoms with Crippen molar-refractivity contribution in [3.8, 4) is 11.5 Å². The second kappa shape index (κ2) is 11.7. The molecule has 0 bridgehead atoms. The molecular weight excluding hydrogens is 570 g/mol. The Hall–Kier alpha value is -2.06. The van der Waals surface area contributed by atoms with Gasteiger partial charge < -0.3 is 37.6 Å². The largest absolute Gasteiger partial charge is 0.454 e. The molecule has 2 aromatic rings. The van der Waals surface area contributed by atoms with Crippen LogP contribution < -0.4 is 15.0 Å². The summed E-state index contributed by atoms with van der Waals surface area (Å²) in [7, 11) is -0.666. The minimum Gasteiger partial charge on any atom is -0.454 e. The lowest BCUT2D eigenvalue weighted by Crippen LogP contribution is -2.65. The van der Waals surface area contributed by atoms with E-state index in [1.54, 1.807) is 7.11 Å². The van der Waals surface area contributed by atoms with Crippen molar-refractivity contribution in [1.82, 2.24) is 5.48 Å². The number of methoxy groups -OCH3 is 1. The molecule has 1 aliphatic carbocycles. The quantitative estimate of drug-likeness (QED) is 0.220. The van der Waals surface area contributed by atoms with Crippen LogP contribution in [0.25, 0.3) is 0 Å². The second-order valence-electron chi connectivity index (χ2n) is 13.7. The molecule has 1 saturated heterocycles. The predicted molar refractivity (Wildman–Crippen MR) is 160 cm³/mol. The maximum absolute atomic E-state index is 6.99. The highest BCUT2D eigenvalue weighted by Crippen LogP contribution is 2.54. The standard InChI is InChI=1S/C32H45NO9Si/c1-31(2,3)43(7,8)42-30-21-15-23-22(35-18-36-23)14-20(21)24-25(33-38-16-19-12-10-9-11-13-19)27-29(41-32(4,5)40-27)28(26(24)39-30)37-17-34-6/h9-15,24-30,33H,16-18H2,1-8H3/t24-,25-,26-,27+,28+,29+,30?/m1/s1. The Morgan fingerprint density at radius 2 is 1.63 bits per heavy atom. The summed E-state index contributed by atoms with van der Waals surface area (Å²) in [6.07, 6.45) is -2.48. The molecule has 10 nitrogen and oxygen atoms in total. The van der Waals surface area contributed by atoms with Crippen LogP contribution in [0.15, 0.2) is 42.5 Å². The summed E-state index contributed by atoms with van der Waals surface area (Å²) < 4.78 is 50.4. The summed E-state index contributed by atoms with van der Waals surface area (Å²) in [4.78, 5) is 6.17. The molecular formula is C32H45NO9Si. The molecule has 6 rings (SSSR count). The van der Waals surface area contributed by atoms with Crippen molar-refractivity contribution in [3.05, 3.63) is 59.2 Å². The monoisotopic (exact) mass is 615 g/mol. The Balaban J connectivity index is 1.43. The van der Waals surface area contributed by atoms with Crippen LogP contribution in [0.1, 0.15) is 63.5 Å². The molecule has 43 heavy (non-hydrogen) atoms. The highest BCUT2D eigenvalue weighted by atomic mass is 28.4. The zero-order chi connectivity index (χ0) is 30.6. The number of hydrogen-bond donors (Lipinski definition) is 1. The number of fused-ring (bicyclic) bond motifs is 5. The van der Waals surface area contributed by atoms with Crippen LogP contribution in [0, 0.1) is 0 Å². The smallest absolute Gasteiger partial charge is 0.231 e. The molecule has 1 saturated carbocycles. The van der Waals surface area contributed by atoms with Gasteiger partial charge in [0.2, 0.25) is 6.79 Å². The third-order valence-electron chi connectivity index (χ3n) is 9.27. The van der Waals surface area contributed by atoms with Gasteiger partial charge in [0, 0.05) is 18.6 Å². The Labute approximate surface area is 255 Å². The molecule has 0 aromatic heterocycles. The van der Waals surface area contributed by atoms with Gasteiger partial charge in [-0.1, -0.05) is 51.1 Å². The third-order valence-corrected chi connectivity index (χ3v) is 13.7. The van der Waals surface area contributed by atoms with Crippen molar-refractivity contribution in [2.75, 3.05) is 20.7 Å². The van der Waals surface area contributed by atoms with Gasteiger partial charge in [-0.05, 0) is 55.2 Å². The molecule has 11 heteroatoms. The molecule has 1 unspecified atom stereocenters. The first-order valence-corrected chi connectivity index (χ1v) is 17.9. The van der Waals surface area contributed by atoms with E-state index in [2.05, 4.69) is 45.4 Å². The van der Waals surface area contributed by atoms with E-state index in [-0.39, 0.29) is 30.6 Å². The fourth-order valence-corrected chi connectivity index (χ4v) is 7.24. The zero-order valence-corrected chi connectivity index (χ0v) is 27.4. The first-order chi connectivity index (χ1) is 20.4. The highest BCUT2D eigenvalue weighted by Gasteiger charge is 2.62. The number of nitrogens with one attached hydrogen (secondary N) is 1. The number of benzene rings is 2. The van der Waals surface area contributed by atoms with E-state index in [0.717, 1.165) is 16.7 Å². The molecule has 2 fully saturated rings. The summed E-state index contributed by atoms with van der Waals surface area (Å²) in [6.45, 7) is 15.6. The van der Waals surface area contributed by atoms with Crippen LogP contribution in [-0.4, -0.2) is 65.3 Å². The van der Waals surface area contributed by atoms with Crippen LogP contribution in [0.2, 0.25) is 18.1 Å².